The van der Waals surface area contributed by atoms with E-state index in [1.165, 1.54) is 0 Å². The molecule has 0 bridgehead atoms. The summed E-state index contributed by atoms with van der Waals surface area (Å²) in [4.78, 5) is 0.354. The van der Waals surface area contributed by atoms with Crippen molar-refractivity contribution in [3.8, 4) is 0 Å². The van der Waals surface area contributed by atoms with Gasteiger partial charge in [-0.2, -0.15) is 0 Å². The van der Waals surface area contributed by atoms with Crippen molar-refractivity contribution in [1.29, 1.82) is 0 Å². The van der Waals surface area contributed by atoms with Crippen molar-refractivity contribution in [3.63, 3.8) is 0 Å². The minimum atomic E-state index is -3.22. The summed E-state index contributed by atoms with van der Waals surface area (Å²) in [7, 11) is -3.22. The van der Waals surface area contributed by atoms with Gasteiger partial charge in [-0.3, -0.25) is 0 Å². The molecule has 0 amide bonds. The number of benzene rings is 1. The van der Waals surface area contributed by atoms with Crippen LogP contribution in [-0.4, -0.2) is 20.7 Å². The molecule has 3 N–H and O–H groups in total. The highest BCUT2D eigenvalue weighted by Crippen LogP contribution is 2.33. The summed E-state index contributed by atoms with van der Waals surface area (Å²) in [5.74, 6) is 0.157. The Morgan fingerprint density at radius 3 is 2.75 bits per heavy atom. The predicted molar refractivity (Wildman–Crippen MR) is 65.2 cm³/mol. The van der Waals surface area contributed by atoms with Crippen molar-refractivity contribution in [3.05, 3.63) is 18.2 Å². The third-order valence-corrected chi connectivity index (χ3v) is 4.86. The van der Waals surface area contributed by atoms with E-state index >= 15 is 0 Å². The molecule has 88 valence electrons. The summed E-state index contributed by atoms with van der Waals surface area (Å²) in [6, 6.07) is 4.87. The van der Waals surface area contributed by atoms with Crippen molar-refractivity contribution in [2.75, 3.05) is 23.3 Å². The zero-order chi connectivity index (χ0) is 12.0. The Bertz CT molecular complexity index is 521. The first-order chi connectivity index (χ1) is 7.30. The lowest BCUT2D eigenvalue weighted by molar-refractivity contribution is 0.442. The van der Waals surface area contributed by atoms with Gasteiger partial charge >= 0.3 is 0 Å². The second-order valence-electron chi connectivity index (χ2n) is 5.03. The van der Waals surface area contributed by atoms with Crippen LogP contribution in [0, 0.1) is 5.41 Å². The molecule has 0 saturated carbocycles. The molecule has 0 spiro atoms. The molecule has 0 saturated heterocycles. The van der Waals surface area contributed by atoms with Crippen LogP contribution in [-0.2, 0) is 9.84 Å². The van der Waals surface area contributed by atoms with Gasteiger partial charge in [-0.15, -0.1) is 0 Å². The third-order valence-electron chi connectivity index (χ3n) is 2.68. The quantitative estimate of drug-likeness (QED) is 0.674. The maximum atomic E-state index is 12.1. The lowest BCUT2D eigenvalue weighted by Gasteiger charge is -2.20. The number of rotatable bonds is 0. The Morgan fingerprint density at radius 1 is 1.38 bits per heavy atom. The van der Waals surface area contributed by atoms with Crippen molar-refractivity contribution >= 4 is 21.2 Å². The van der Waals surface area contributed by atoms with Gasteiger partial charge in [-0.05, 0) is 23.6 Å². The highest BCUT2D eigenvalue weighted by Gasteiger charge is 2.32. The first-order valence-electron chi connectivity index (χ1n) is 5.16. The molecule has 1 aromatic rings. The van der Waals surface area contributed by atoms with Crippen LogP contribution in [0.5, 0.6) is 0 Å². The molecule has 0 unspecified atom stereocenters. The Morgan fingerprint density at radius 2 is 2.06 bits per heavy atom. The van der Waals surface area contributed by atoms with Crippen molar-refractivity contribution in [2.24, 2.45) is 5.41 Å². The van der Waals surface area contributed by atoms with Crippen LogP contribution >= 0.6 is 0 Å². The molecule has 2 rings (SSSR count). The van der Waals surface area contributed by atoms with Gasteiger partial charge in [0.05, 0.1) is 16.3 Å². The van der Waals surface area contributed by atoms with Gasteiger partial charge in [0.15, 0.2) is 9.84 Å². The smallest absolute Gasteiger partial charge is 0.181 e. The van der Waals surface area contributed by atoms with Crippen molar-refractivity contribution < 1.29 is 8.42 Å². The topological polar surface area (TPSA) is 72.2 Å². The van der Waals surface area contributed by atoms with Gasteiger partial charge < -0.3 is 11.1 Å². The van der Waals surface area contributed by atoms with Crippen LogP contribution in [0.3, 0.4) is 0 Å². The van der Waals surface area contributed by atoms with E-state index in [0.717, 1.165) is 0 Å². The zero-order valence-corrected chi connectivity index (χ0v) is 10.3. The lowest BCUT2D eigenvalue weighted by atomic mass is 9.96. The van der Waals surface area contributed by atoms with Crippen LogP contribution in [0.2, 0.25) is 0 Å². The number of anilines is 2. The van der Waals surface area contributed by atoms with Crippen LogP contribution in [0.25, 0.3) is 0 Å². The lowest BCUT2D eigenvalue weighted by Crippen LogP contribution is -2.28. The van der Waals surface area contributed by atoms with Gasteiger partial charge in [0.2, 0.25) is 0 Å². The van der Waals surface area contributed by atoms with E-state index in [2.05, 4.69) is 5.32 Å². The molecular weight excluding hydrogens is 224 g/mol. The maximum Gasteiger partial charge on any atom is 0.181 e. The van der Waals surface area contributed by atoms with Gasteiger partial charge in [-0.25, -0.2) is 8.42 Å². The van der Waals surface area contributed by atoms with Gasteiger partial charge in [0.1, 0.15) is 0 Å². The first kappa shape index (κ1) is 11.3. The second-order valence-corrected chi connectivity index (χ2v) is 6.99. The van der Waals surface area contributed by atoms with E-state index in [1.807, 2.05) is 13.8 Å². The van der Waals surface area contributed by atoms with Crippen LogP contribution in [0.15, 0.2) is 23.1 Å². The number of hydrogen-bond donors (Lipinski definition) is 2. The zero-order valence-electron chi connectivity index (χ0n) is 9.45. The Kier molecular flexibility index (Phi) is 2.38. The minimum Gasteiger partial charge on any atom is -0.399 e. The average molecular weight is 240 g/mol. The van der Waals surface area contributed by atoms with Gasteiger partial charge in [-0.1, -0.05) is 13.8 Å². The van der Waals surface area contributed by atoms with Crippen molar-refractivity contribution in [1.82, 2.24) is 0 Å². The van der Waals surface area contributed by atoms with Crippen molar-refractivity contribution in [2.45, 2.75) is 18.7 Å². The molecule has 0 aliphatic carbocycles. The monoisotopic (exact) mass is 240 g/mol. The number of hydrogen-bond acceptors (Lipinski definition) is 4. The molecule has 5 heteroatoms. The van der Waals surface area contributed by atoms with E-state index < -0.39 is 9.84 Å². The number of nitrogen functional groups attached to an aromatic ring is 1. The molecule has 4 nitrogen and oxygen atoms in total. The fourth-order valence-electron chi connectivity index (χ4n) is 1.93. The van der Waals surface area contributed by atoms with Crippen LogP contribution in [0.4, 0.5) is 11.4 Å². The summed E-state index contributed by atoms with van der Waals surface area (Å²) in [6.45, 7) is 4.50. The number of fused-ring (bicyclic) bond motifs is 1. The van der Waals surface area contributed by atoms with Crippen LogP contribution < -0.4 is 11.1 Å². The van der Waals surface area contributed by atoms with Gasteiger partial charge in [0, 0.05) is 12.2 Å². The molecule has 1 aliphatic rings. The molecule has 0 radical (unpaired) electrons. The standard InChI is InChI=1S/C11H16N2O2S/c1-11(2)6-13-9-5-8(12)3-4-10(9)16(14,15)7-11/h3-5,13H,6-7,12H2,1-2H3. The summed E-state index contributed by atoms with van der Waals surface area (Å²) >= 11 is 0. The molecule has 0 aromatic heterocycles. The molecule has 16 heavy (non-hydrogen) atoms. The molecule has 1 aromatic carbocycles. The summed E-state index contributed by atoms with van der Waals surface area (Å²) in [5.41, 5.74) is 6.57. The summed E-state index contributed by atoms with van der Waals surface area (Å²) < 4.78 is 24.3. The van der Waals surface area contributed by atoms with E-state index in [9.17, 15) is 8.42 Å². The highest BCUT2D eigenvalue weighted by atomic mass is 32.2. The minimum absolute atomic E-state index is 0.157. The molecule has 1 aliphatic heterocycles. The average Bonchev–Trinajstić information content (AvgIpc) is 2.20. The molecular formula is C11H16N2O2S. The Labute approximate surface area is 95.8 Å². The highest BCUT2D eigenvalue weighted by molar-refractivity contribution is 7.91. The Hall–Kier alpha value is -1.23. The fraction of sp³-hybridized carbons (Fsp3) is 0.455. The van der Waals surface area contributed by atoms with E-state index in [-0.39, 0.29) is 11.2 Å². The number of nitrogens with one attached hydrogen (secondary N) is 1. The molecule has 0 atom stereocenters. The third kappa shape index (κ3) is 2.00. The molecule has 0 fully saturated rings. The summed E-state index contributed by atoms with van der Waals surface area (Å²) in [6.07, 6.45) is 0. The fourth-order valence-corrected chi connectivity index (χ4v) is 3.96. The molecule has 1 heterocycles. The van der Waals surface area contributed by atoms with E-state index in [0.29, 0.717) is 22.8 Å². The van der Waals surface area contributed by atoms with Crippen LogP contribution in [0.1, 0.15) is 13.8 Å². The predicted octanol–water partition coefficient (Wildman–Crippen LogP) is 1.49. The largest absolute Gasteiger partial charge is 0.399 e. The van der Waals surface area contributed by atoms with E-state index in [4.69, 9.17) is 5.73 Å². The second kappa shape index (κ2) is 3.38. The normalized spacial score (nSPS) is 21.6. The Balaban J connectivity index is 2.59. The van der Waals surface area contributed by atoms with Gasteiger partial charge in [0.25, 0.3) is 0 Å². The number of nitrogens with two attached hydrogens (primary N) is 1. The SMILES string of the molecule is CC1(C)CNc2cc(N)ccc2S(=O)(=O)C1. The summed E-state index contributed by atoms with van der Waals surface area (Å²) in [5, 5.41) is 3.15. The first-order valence-corrected chi connectivity index (χ1v) is 6.82. The maximum absolute atomic E-state index is 12.1. The van der Waals surface area contributed by atoms with E-state index in [1.54, 1.807) is 18.2 Å². The number of sulfone groups is 1.